The summed E-state index contributed by atoms with van der Waals surface area (Å²) in [6.45, 7) is 4.67. The number of fused-ring (bicyclic) bond motifs is 3. The van der Waals surface area contributed by atoms with Gasteiger partial charge in [-0.05, 0) is 24.6 Å². The maximum absolute atomic E-state index is 11.4. The van der Waals surface area contributed by atoms with Gasteiger partial charge in [-0.1, -0.05) is 0 Å². The number of nitrogens with one attached hydrogen (secondary N) is 1. The number of methoxy groups -OCH3 is 1. The molecule has 2 heterocycles. The highest BCUT2D eigenvalue weighted by Crippen LogP contribution is 2.32. The zero-order chi connectivity index (χ0) is 12.7. The summed E-state index contributed by atoms with van der Waals surface area (Å²) in [6, 6.07) is 3.98. The average molecular weight is 244 g/mol. The van der Waals surface area contributed by atoms with Gasteiger partial charge in [-0.3, -0.25) is 4.79 Å². The van der Waals surface area contributed by atoms with Crippen LogP contribution < -0.4 is 10.1 Å². The molecule has 1 aliphatic heterocycles. The molecule has 0 amide bonds. The Labute approximate surface area is 106 Å². The van der Waals surface area contributed by atoms with Crippen molar-refractivity contribution in [3.05, 3.63) is 29.0 Å². The van der Waals surface area contributed by atoms with Gasteiger partial charge >= 0.3 is 0 Å². The minimum Gasteiger partial charge on any atom is -0.497 e. The standard InChI is InChI=1S/C14H16N2O2/c1-9-5-10(18-2)6-11-12(8-17)13-7-15-3-4-16(13)14(9)11/h5-6,8,15H,3-4,7H2,1-2H3. The molecule has 1 aromatic carbocycles. The molecule has 0 saturated heterocycles. The molecule has 3 rings (SSSR count). The van der Waals surface area contributed by atoms with Crippen molar-refractivity contribution in [2.45, 2.75) is 20.0 Å². The highest BCUT2D eigenvalue weighted by atomic mass is 16.5. The Morgan fingerprint density at radius 2 is 2.28 bits per heavy atom. The molecular formula is C14H16N2O2. The molecule has 4 heteroatoms. The quantitative estimate of drug-likeness (QED) is 0.820. The molecule has 0 fully saturated rings. The molecule has 1 N–H and O–H groups in total. The van der Waals surface area contributed by atoms with Crippen molar-refractivity contribution in [1.29, 1.82) is 0 Å². The van der Waals surface area contributed by atoms with Gasteiger partial charge in [0.1, 0.15) is 5.75 Å². The number of nitrogens with zero attached hydrogens (tertiary/aromatic N) is 1. The van der Waals surface area contributed by atoms with E-state index in [1.807, 2.05) is 12.1 Å². The summed E-state index contributed by atoms with van der Waals surface area (Å²) in [5.41, 5.74) is 4.19. The van der Waals surface area contributed by atoms with Crippen molar-refractivity contribution >= 4 is 17.2 Å². The average Bonchev–Trinajstić information content (AvgIpc) is 2.72. The van der Waals surface area contributed by atoms with Crippen LogP contribution in [0.1, 0.15) is 21.6 Å². The third-order valence-corrected chi connectivity index (χ3v) is 3.63. The molecule has 2 aromatic rings. The third kappa shape index (κ3) is 1.46. The third-order valence-electron chi connectivity index (χ3n) is 3.63. The van der Waals surface area contributed by atoms with Crippen molar-refractivity contribution < 1.29 is 9.53 Å². The lowest BCUT2D eigenvalue weighted by Gasteiger charge is -2.18. The number of carbonyl (C=O) groups is 1. The number of benzene rings is 1. The zero-order valence-corrected chi connectivity index (χ0v) is 10.6. The summed E-state index contributed by atoms with van der Waals surface area (Å²) in [7, 11) is 1.65. The van der Waals surface area contributed by atoms with Crippen molar-refractivity contribution in [3.63, 3.8) is 0 Å². The van der Waals surface area contributed by atoms with E-state index in [9.17, 15) is 4.79 Å². The van der Waals surface area contributed by atoms with E-state index in [0.29, 0.717) is 0 Å². The van der Waals surface area contributed by atoms with Gasteiger partial charge in [0, 0.05) is 36.3 Å². The Morgan fingerprint density at radius 1 is 1.44 bits per heavy atom. The summed E-state index contributed by atoms with van der Waals surface area (Å²) in [6.07, 6.45) is 0.958. The smallest absolute Gasteiger partial charge is 0.152 e. The van der Waals surface area contributed by atoms with Crippen LogP contribution in [-0.2, 0) is 13.1 Å². The maximum Gasteiger partial charge on any atom is 0.152 e. The largest absolute Gasteiger partial charge is 0.497 e. The molecule has 18 heavy (non-hydrogen) atoms. The number of hydrogen-bond acceptors (Lipinski definition) is 3. The SMILES string of the molecule is COc1cc(C)c2c(c1)c(C=O)c1n2CCNC1. The molecule has 0 saturated carbocycles. The summed E-state index contributed by atoms with van der Waals surface area (Å²) in [4.78, 5) is 11.4. The lowest BCUT2D eigenvalue weighted by Crippen LogP contribution is -2.28. The van der Waals surface area contributed by atoms with Gasteiger partial charge in [0.25, 0.3) is 0 Å². The van der Waals surface area contributed by atoms with Crippen LogP contribution in [0.2, 0.25) is 0 Å². The van der Waals surface area contributed by atoms with E-state index < -0.39 is 0 Å². The van der Waals surface area contributed by atoms with Crippen LogP contribution in [0.3, 0.4) is 0 Å². The molecule has 0 unspecified atom stereocenters. The Balaban J connectivity index is 2.41. The number of ether oxygens (including phenoxy) is 1. The normalized spacial score (nSPS) is 14.6. The van der Waals surface area contributed by atoms with Crippen LogP contribution in [0.15, 0.2) is 12.1 Å². The van der Waals surface area contributed by atoms with Crippen molar-refractivity contribution in [3.8, 4) is 5.75 Å². The topological polar surface area (TPSA) is 43.3 Å². The maximum atomic E-state index is 11.4. The van der Waals surface area contributed by atoms with E-state index in [4.69, 9.17) is 4.74 Å². The second-order valence-electron chi connectivity index (χ2n) is 4.65. The Hall–Kier alpha value is -1.81. The second kappa shape index (κ2) is 4.14. The van der Waals surface area contributed by atoms with E-state index in [0.717, 1.165) is 59.4 Å². The number of aromatic nitrogens is 1. The van der Waals surface area contributed by atoms with E-state index in [1.54, 1.807) is 7.11 Å². The number of hydrogen-bond donors (Lipinski definition) is 1. The molecule has 1 aromatic heterocycles. The van der Waals surface area contributed by atoms with E-state index in [2.05, 4.69) is 16.8 Å². The lowest BCUT2D eigenvalue weighted by molar-refractivity contribution is 0.112. The molecule has 0 radical (unpaired) electrons. The monoisotopic (exact) mass is 244 g/mol. The van der Waals surface area contributed by atoms with E-state index in [1.165, 1.54) is 0 Å². The van der Waals surface area contributed by atoms with Gasteiger partial charge in [0.15, 0.2) is 6.29 Å². The minimum absolute atomic E-state index is 0.754. The second-order valence-corrected chi connectivity index (χ2v) is 4.65. The fourth-order valence-corrected chi connectivity index (χ4v) is 2.83. The minimum atomic E-state index is 0.754. The number of rotatable bonds is 2. The summed E-state index contributed by atoms with van der Waals surface area (Å²) in [5, 5.41) is 4.31. The predicted octanol–water partition coefficient (Wildman–Crippen LogP) is 1.87. The van der Waals surface area contributed by atoms with Crippen LogP contribution >= 0.6 is 0 Å². The molecule has 4 nitrogen and oxygen atoms in total. The van der Waals surface area contributed by atoms with Crippen LogP contribution in [-0.4, -0.2) is 24.5 Å². The van der Waals surface area contributed by atoms with E-state index >= 15 is 0 Å². The van der Waals surface area contributed by atoms with Gasteiger partial charge < -0.3 is 14.6 Å². The van der Waals surface area contributed by atoms with Crippen LogP contribution in [0.4, 0.5) is 0 Å². The van der Waals surface area contributed by atoms with Gasteiger partial charge in [-0.15, -0.1) is 0 Å². The Morgan fingerprint density at radius 3 is 3.00 bits per heavy atom. The molecular weight excluding hydrogens is 228 g/mol. The molecule has 0 spiro atoms. The first-order valence-corrected chi connectivity index (χ1v) is 6.12. The number of aryl methyl sites for hydroxylation is 1. The summed E-state index contributed by atoms with van der Waals surface area (Å²) >= 11 is 0. The van der Waals surface area contributed by atoms with E-state index in [-0.39, 0.29) is 0 Å². The van der Waals surface area contributed by atoms with Crippen molar-refractivity contribution in [1.82, 2.24) is 9.88 Å². The van der Waals surface area contributed by atoms with Crippen LogP contribution in [0, 0.1) is 6.92 Å². The highest BCUT2D eigenvalue weighted by Gasteiger charge is 2.20. The first kappa shape index (κ1) is 11.3. The zero-order valence-electron chi connectivity index (χ0n) is 10.6. The molecule has 94 valence electrons. The van der Waals surface area contributed by atoms with Gasteiger partial charge in [-0.2, -0.15) is 0 Å². The van der Waals surface area contributed by atoms with Gasteiger partial charge in [-0.25, -0.2) is 0 Å². The molecule has 1 aliphatic rings. The fraction of sp³-hybridized carbons (Fsp3) is 0.357. The number of carbonyl (C=O) groups excluding carboxylic acids is 1. The molecule has 0 aliphatic carbocycles. The fourth-order valence-electron chi connectivity index (χ4n) is 2.83. The summed E-state index contributed by atoms with van der Waals surface area (Å²) < 4.78 is 7.55. The van der Waals surface area contributed by atoms with Crippen molar-refractivity contribution in [2.24, 2.45) is 0 Å². The van der Waals surface area contributed by atoms with Gasteiger partial charge in [0.2, 0.25) is 0 Å². The summed E-state index contributed by atoms with van der Waals surface area (Å²) in [5.74, 6) is 0.805. The Kier molecular flexibility index (Phi) is 2.59. The highest BCUT2D eigenvalue weighted by molar-refractivity contribution is 6.01. The molecule has 0 atom stereocenters. The first-order valence-electron chi connectivity index (χ1n) is 6.12. The number of aldehydes is 1. The van der Waals surface area contributed by atoms with Crippen LogP contribution in [0.5, 0.6) is 5.75 Å². The lowest BCUT2D eigenvalue weighted by atomic mass is 10.1. The van der Waals surface area contributed by atoms with Crippen LogP contribution in [0.25, 0.3) is 10.9 Å². The Bertz CT molecular complexity index is 628. The first-order chi connectivity index (χ1) is 8.76. The van der Waals surface area contributed by atoms with Gasteiger partial charge in [0.05, 0.1) is 12.6 Å². The van der Waals surface area contributed by atoms with Crippen molar-refractivity contribution in [2.75, 3.05) is 13.7 Å². The molecule has 0 bridgehead atoms. The predicted molar refractivity (Wildman–Crippen MR) is 70.3 cm³/mol.